The summed E-state index contributed by atoms with van der Waals surface area (Å²) in [6, 6.07) is 7.03. The highest BCUT2D eigenvalue weighted by atomic mass is 32.2. The van der Waals surface area contributed by atoms with Gasteiger partial charge >= 0.3 is 0 Å². The molecule has 2 aliphatic rings. The molecule has 2 N–H and O–H groups in total. The molecule has 0 radical (unpaired) electrons. The second-order valence-corrected chi connectivity index (χ2v) is 7.05. The van der Waals surface area contributed by atoms with Crippen molar-refractivity contribution in [3.05, 3.63) is 23.8 Å². The smallest absolute Gasteiger partial charge is 0.231 e. The third-order valence-electron chi connectivity index (χ3n) is 3.59. The van der Waals surface area contributed by atoms with Crippen LogP contribution in [0.1, 0.15) is 11.5 Å². The molecule has 1 fully saturated rings. The van der Waals surface area contributed by atoms with Gasteiger partial charge in [0, 0.05) is 12.2 Å². The molecule has 1 aromatic rings. The Hall–Kier alpha value is -1.78. The number of hydrogen-bond acceptors (Lipinski definition) is 6. The Morgan fingerprint density at radius 2 is 2.11 bits per heavy atom. The standard InChI is InChI=1S/C12H12N2O4S/c1-19(15,16)11-10(12(11,14)5-13)7-2-3-8-9(4-7)18-6-17-8/h2-4,10-11H,6,14H2,1H3/t10-,11+,12-/m0/s1. The van der Waals surface area contributed by atoms with E-state index in [1.807, 2.05) is 6.07 Å². The zero-order valence-corrected chi connectivity index (χ0v) is 11.0. The van der Waals surface area contributed by atoms with E-state index in [0.717, 1.165) is 6.26 Å². The zero-order valence-electron chi connectivity index (χ0n) is 10.2. The van der Waals surface area contributed by atoms with Crippen LogP contribution in [0, 0.1) is 11.3 Å². The first kappa shape index (κ1) is 12.3. The van der Waals surface area contributed by atoms with Crippen LogP contribution in [-0.2, 0) is 9.84 Å². The largest absolute Gasteiger partial charge is 0.454 e. The van der Waals surface area contributed by atoms with Gasteiger partial charge in [-0.1, -0.05) is 6.07 Å². The number of benzene rings is 1. The minimum Gasteiger partial charge on any atom is -0.454 e. The van der Waals surface area contributed by atoms with E-state index in [2.05, 4.69) is 0 Å². The molecule has 0 unspecified atom stereocenters. The Morgan fingerprint density at radius 1 is 1.42 bits per heavy atom. The molecule has 3 rings (SSSR count). The van der Waals surface area contributed by atoms with Gasteiger partial charge in [0.2, 0.25) is 6.79 Å². The molecule has 100 valence electrons. The van der Waals surface area contributed by atoms with E-state index in [4.69, 9.17) is 20.5 Å². The first-order valence-corrected chi connectivity index (χ1v) is 7.62. The highest BCUT2D eigenvalue weighted by Gasteiger charge is 2.69. The van der Waals surface area contributed by atoms with Crippen LogP contribution in [0.15, 0.2) is 18.2 Å². The minimum absolute atomic E-state index is 0.144. The molecule has 0 bridgehead atoms. The topological polar surface area (TPSA) is 102 Å². The Bertz CT molecular complexity index is 694. The van der Waals surface area contributed by atoms with E-state index < -0.39 is 26.5 Å². The van der Waals surface area contributed by atoms with Gasteiger partial charge in [-0.15, -0.1) is 0 Å². The van der Waals surface area contributed by atoms with Gasteiger partial charge in [-0.25, -0.2) is 8.42 Å². The Morgan fingerprint density at radius 3 is 2.68 bits per heavy atom. The molecule has 19 heavy (non-hydrogen) atoms. The number of nitriles is 1. The SMILES string of the molecule is CS(=O)(=O)[C@@H]1[C@H](c2ccc3c(c2)OCO3)[C@@]1(N)C#N. The van der Waals surface area contributed by atoms with Crippen LogP contribution in [0.4, 0.5) is 0 Å². The fourth-order valence-electron chi connectivity index (χ4n) is 2.67. The Labute approximate surface area is 110 Å². The summed E-state index contributed by atoms with van der Waals surface area (Å²) in [4.78, 5) is 0. The maximum absolute atomic E-state index is 11.7. The third-order valence-corrected chi connectivity index (χ3v) is 5.17. The average molecular weight is 280 g/mol. The van der Waals surface area contributed by atoms with E-state index in [1.54, 1.807) is 18.2 Å². The fraction of sp³-hybridized carbons (Fsp3) is 0.417. The van der Waals surface area contributed by atoms with Gasteiger partial charge in [-0.3, -0.25) is 0 Å². The number of nitrogens with two attached hydrogens (primary N) is 1. The molecule has 1 heterocycles. The normalized spacial score (nSPS) is 31.8. The zero-order chi connectivity index (χ0) is 13.8. The summed E-state index contributed by atoms with van der Waals surface area (Å²) in [6.45, 7) is 0.144. The first-order chi connectivity index (χ1) is 8.88. The molecule has 1 saturated carbocycles. The summed E-state index contributed by atoms with van der Waals surface area (Å²) in [5.41, 5.74) is 5.21. The molecule has 1 aliphatic heterocycles. The lowest BCUT2D eigenvalue weighted by Crippen LogP contribution is -2.28. The highest BCUT2D eigenvalue weighted by Crippen LogP contribution is 2.54. The number of sulfone groups is 1. The maximum atomic E-state index is 11.7. The number of ether oxygens (including phenoxy) is 2. The highest BCUT2D eigenvalue weighted by molar-refractivity contribution is 7.91. The predicted octanol–water partition coefficient (Wildman–Crippen LogP) is 0.147. The molecule has 0 aromatic heterocycles. The molecule has 6 nitrogen and oxygen atoms in total. The van der Waals surface area contributed by atoms with Crippen LogP contribution in [0.3, 0.4) is 0 Å². The van der Waals surface area contributed by atoms with Crippen LogP contribution >= 0.6 is 0 Å². The lowest BCUT2D eigenvalue weighted by Gasteiger charge is -2.02. The summed E-state index contributed by atoms with van der Waals surface area (Å²) in [5, 5.41) is 8.26. The monoisotopic (exact) mass is 280 g/mol. The van der Waals surface area contributed by atoms with Gasteiger partial charge < -0.3 is 15.2 Å². The number of hydrogen-bond donors (Lipinski definition) is 1. The second kappa shape index (κ2) is 3.62. The summed E-state index contributed by atoms with van der Waals surface area (Å²) in [7, 11) is -3.38. The molecule has 0 saturated heterocycles. The van der Waals surface area contributed by atoms with Crippen molar-refractivity contribution in [2.45, 2.75) is 16.7 Å². The van der Waals surface area contributed by atoms with Crippen LogP contribution in [-0.4, -0.2) is 32.3 Å². The summed E-state index contributed by atoms with van der Waals surface area (Å²) in [5.74, 6) is 0.638. The van der Waals surface area contributed by atoms with E-state index in [0.29, 0.717) is 17.1 Å². The molecule has 1 aliphatic carbocycles. The Balaban J connectivity index is 2.02. The molecular weight excluding hydrogens is 268 g/mol. The van der Waals surface area contributed by atoms with E-state index in [9.17, 15) is 8.42 Å². The van der Waals surface area contributed by atoms with Crippen molar-refractivity contribution in [1.82, 2.24) is 0 Å². The van der Waals surface area contributed by atoms with E-state index in [-0.39, 0.29) is 6.79 Å². The second-order valence-electron chi connectivity index (χ2n) is 4.89. The van der Waals surface area contributed by atoms with Crippen molar-refractivity contribution in [1.29, 1.82) is 5.26 Å². The average Bonchev–Trinajstić information content (AvgIpc) is 2.77. The van der Waals surface area contributed by atoms with Crippen molar-refractivity contribution in [3.63, 3.8) is 0 Å². The van der Waals surface area contributed by atoms with Gasteiger partial charge in [-0.05, 0) is 17.7 Å². The molecule has 7 heteroatoms. The lowest BCUT2D eigenvalue weighted by molar-refractivity contribution is 0.174. The predicted molar refractivity (Wildman–Crippen MR) is 66.5 cm³/mol. The molecule has 3 atom stereocenters. The molecule has 1 aromatic carbocycles. The maximum Gasteiger partial charge on any atom is 0.231 e. The van der Waals surface area contributed by atoms with E-state index in [1.165, 1.54) is 0 Å². The van der Waals surface area contributed by atoms with Gasteiger partial charge in [0.05, 0.1) is 6.07 Å². The van der Waals surface area contributed by atoms with Crippen molar-refractivity contribution in [3.8, 4) is 17.6 Å². The van der Waals surface area contributed by atoms with E-state index >= 15 is 0 Å². The van der Waals surface area contributed by atoms with Crippen LogP contribution in [0.5, 0.6) is 11.5 Å². The summed E-state index contributed by atoms with van der Waals surface area (Å²) >= 11 is 0. The Kier molecular flexibility index (Phi) is 2.34. The van der Waals surface area contributed by atoms with Crippen molar-refractivity contribution >= 4 is 9.84 Å². The van der Waals surface area contributed by atoms with Gasteiger partial charge in [0.1, 0.15) is 10.8 Å². The first-order valence-electron chi connectivity index (χ1n) is 5.66. The number of fused-ring (bicyclic) bond motifs is 1. The summed E-state index contributed by atoms with van der Waals surface area (Å²) in [6.07, 6.45) is 1.10. The summed E-state index contributed by atoms with van der Waals surface area (Å²) < 4.78 is 33.8. The molecular formula is C12H12N2O4S. The van der Waals surface area contributed by atoms with Crippen LogP contribution in [0.2, 0.25) is 0 Å². The molecule has 0 spiro atoms. The number of nitrogens with zero attached hydrogens (tertiary/aromatic N) is 1. The van der Waals surface area contributed by atoms with Gasteiger partial charge in [0.25, 0.3) is 0 Å². The third kappa shape index (κ3) is 1.68. The van der Waals surface area contributed by atoms with Crippen LogP contribution < -0.4 is 15.2 Å². The molecule has 0 amide bonds. The van der Waals surface area contributed by atoms with Crippen LogP contribution in [0.25, 0.3) is 0 Å². The van der Waals surface area contributed by atoms with Gasteiger partial charge in [0.15, 0.2) is 21.3 Å². The lowest BCUT2D eigenvalue weighted by atomic mass is 10.1. The van der Waals surface area contributed by atoms with Crippen molar-refractivity contribution in [2.75, 3.05) is 13.0 Å². The minimum atomic E-state index is -3.38. The fourth-order valence-corrected chi connectivity index (χ4v) is 4.37. The van der Waals surface area contributed by atoms with Crippen molar-refractivity contribution < 1.29 is 17.9 Å². The number of rotatable bonds is 2. The van der Waals surface area contributed by atoms with Crippen molar-refractivity contribution in [2.24, 2.45) is 5.73 Å². The quantitative estimate of drug-likeness (QED) is 0.827. The van der Waals surface area contributed by atoms with Gasteiger partial charge in [-0.2, -0.15) is 5.26 Å².